The second kappa shape index (κ2) is 4.41. The maximum atomic E-state index is 13.2. The Morgan fingerprint density at radius 1 is 1.43 bits per heavy atom. The Hall–Kier alpha value is -1.10. The second-order valence-corrected chi connectivity index (χ2v) is 3.37. The van der Waals surface area contributed by atoms with E-state index in [1.165, 1.54) is 20.1 Å². The summed E-state index contributed by atoms with van der Waals surface area (Å²) < 4.78 is 23.2. The smallest absolute Gasteiger partial charge is 0.308 e. The summed E-state index contributed by atoms with van der Waals surface area (Å²) in [7, 11) is 1.42. The van der Waals surface area contributed by atoms with E-state index in [-0.39, 0.29) is 5.75 Å². The molecule has 0 aromatic heterocycles. The van der Waals surface area contributed by atoms with Gasteiger partial charge in [0, 0.05) is 19.1 Å². The molecule has 0 aliphatic carbocycles. The average Bonchev–Trinajstić information content (AvgIpc) is 2.10. The largest absolute Gasteiger partial charge is 0.495 e. The summed E-state index contributed by atoms with van der Waals surface area (Å²) in [6.07, 6.45) is 0. The van der Waals surface area contributed by atoms with Crippen molar-refractivity contribution in [2.24, 2.45) is 0 Å². The molecule has 0 amide bonds. The third-order valence-electron chi connectivity index (χ3n) is 1.46. The number of hydrogen-bond donors (Lipinski definition) is 0. The highest BCUT2D eigenvalue weighted by Gasteiger charge is 2.11. The van der Waals surface area contributed by atoms with Gasteiger partial charge in [-0.25, -0.2) is 4.39 Å². The summed E-state index contributed by atoms with van der Waals surface area (Å²) in [5, 5.41) is 0. The first-order valence-corrected chi connectivity index (χ1v) is 4.55. The normalized spacial score (nSPS) is 9.71. The number of hydrogen-bond acceptors (Lipinski definition) is 3. The summed E-state index contributed by atoms with van der Waals surface area (Å²) in [5.74, 6) is -0.982. The molecule has 0 heterocycles. The molecule has 0 atom stereocenters. The highest BCUT2D eigenvalue weighted by Crippen LogP contribution is 2.31. The van der Waals surface area contributed by atoms with Gasteiger partial charge < -0.3 is 9.47 Å². The number of halogens is 2. The quantitative estimate of drug-likeness (QED) is 0.607. The molecule has 0 unspecified atom stereocenters. The standard InChI is InChI=1S/C9H8BrFO3/c1-5(12)14-9-3-6(10)8(13-2)4-7(9)11/h3-4H,1-2H3. The Kier molecular flexibility index (Phi) is 3.46. The molecule has 76 valence electrons. The van der Waals surface area contributed by atoms with E-state index >= 15 is 0 Å². The van der Waals surface area contributed by atoms with E-state index in [0.717, 1.165) is 6.07 Å². The van der Waals surface area contributed by atoms with E-state index in [4.69, 9.17) is 4.74 Å². The zero-order chi connectivity index (χ0) is 10.7. The number of esters is 1. The van der Waals surface area contributed by atoms with E-state index in [2.05, 4.69) is 20.7 Å². The van der Waals surface area contributed by atoms with Crippen molar-refractivity contribution in [1.82, 2.24) is 0 Å². The van der Waals surface area contributed by atoms with Crippen LogP contribution in [-0.4, -0.2) is 13.1 Å². The van der Waals surface area contributed by atoms with Gasteiger partial charge in [-0.3, -0.25) is 4.79 Å². The molecule has 1 aromatic carbocycles. The average molecular weight is 263 g/mol. The monoisotopic (exact) mass is 262 g/mol. The number of rotatable bonds is 2. The zero-order valence-corrected chi connectivity index (χ0v) is 9.22. The minimum Gasteiger partial charge on any atom is -0.495 e. The van der Waals surface area contributed by atoms with Gasteiger partial charge in [0.25, 0.3) is 0 Å². The van der Waals surface area contributed by atoms with Crippen LogP contribution in [0.5, 0.6) is 11.5 Å². The van der Waals surface area contributed by atoms with Crippen LogP contribution in [-0.2, 0) is 4.79 Å². The summed E-state index contributed by atoms with van der Waals surface area (Å²) in [6, 6.07) is 2.48. The Bertz CT molecular complexity index is 365. The van der Waals surface area contributed by atoms with Crippen molar-refractivity contribution in [3.8, 4) is 11.5 Å². The van der Waals surface area contributed by atoms with Crippen LogP contribution in [0.25, 0.3) is 0 Å². The van der Waals surface area contributed by atoms with Crippen molar-refractivity contribution < 1.29 is 18.7 Å². The van der Waals surface area contributed by atoms with Crippen molar-refractivity contribution in [1.29, 1.82) is 0 Å². The number of methoxy groups -OCH3 is 1. The Morgan fingerprint density at radius 3 is 2.57 bits per heavy atom. The van der Waals surface area contributed by atoms with Crippen LogP contribution in [0.15, 0.2) is 16.6 Å². The lowest BCUT2D eigenvalue weighted by molar-refractivity contribution is -0.132. The molecule has 14 heavy (non-hydrogen) atoms. The fraction of sp³-hybridized carbons (Fsp3) is 0.222. The lowest BCUT2D eigenvalue weighted by Crippen LogP contribution is -2.03. The Labute approximate surface area is 88.9 Å². The van der Waals surface area contributed by atoms with Gasteiger partial charge in [-0.05, 0) is 15.9 Å². The van der Waals surface area contributed by atoms with Crippen LogP contribution >= 0.6 is 15.9 Å². The number of carbonyl (C=O) groups is 1. The van der Waals surface area contributed by atoms with Crippen LogP contribution in [0, 0.1) is 5.82 Å². The van der Waals surface area contributed by atoms with Gasteiger partial charge in [0.2, 0.25) is 0 Å². The van der Waals surface area contributed by atoms with Crippen molar-refractivity contribution in [3.63, 3.8) is 0 Å². The minimum atomic E-state index is -0.639. The third kappa shape index (κ3) is 2.45. The molecule has 1 aromatic rings. The maximum Gasteiger partial charge on any atom is 0.308 e. The first kappa shape index (κ1) is 11.0. The molecular weight excluding hydrogens is 255 g/mol. The van der Waals surface area contributed by atoms with Crippen molar-refractivity contribution >= 4 is 21.9 Å². The minimum absolute atomic E-state index is 0.120. The Balaban J connectivity index is 3.08. The van der Waals surface area contributed by atoms with Crippen LogP contribution in [0.3, 0.4) is 0 Å². The van der Waals surface area contributed by atoms with Gasteiger partial charge in [0.05, 0.1) is 11.6 Å². The van der Waals surface area contributed by atoms with E-state index < -0.39 is 11.8 Å². The van der Waals surface area contributed by atoms with Gasteiger partial charge in [-0.2, -0.15) is 0 Å². The fourth-order valence-corrected chi connectivity index (χ4v) is 1.38. The first-order valence-electron chi connectivity index (χ1n) is 3.76. The third-order valence-corrected chi connectivity index (χ3v) is 2.08. The van der Waals surface area contributed by atoms with Crippen LogP contribution in [0.2, 0.25) is 0 Å². The summed E-state index contributed by atoms with van der Waals surface area (Å²) in [6.45, 7) is 1.21. The second-order valence-electron chi connectivity index (χ2n) is 2.51. The maximum absolute atomic E-state index is 13.2. The lowest BCUT2D eigenvalue weighted by atomic mass is 10.3. The predicted molar refractivity (Wildman–Crippen MR) is 52.0 cm³/mol. The number of carbonyl (C=O) groups excluding carboxylic acids is 1. The van der Waals surface area contributed by atoms with Crippen molar-refractivity contribution in [3.05, 3.63) is 22.4 Å². The predicted octanol–water partition coefficient (Wildman–Crippen LogP) is 2.52. The Morgan fingerprint density at radius 2 is 2.07 bits per heavy atom. The summed E-state index contributed by atoms with van der Waals surface area (Å²) in [4.78, 5) is 10.6. The molecule has 0 N–H and O–H groups in total. The van der Waals surface area contributed by atoms with Gasteiger partial charge in [-0.15, -0.1) is 0 Å². The molecule has 3 nitrogen and oxygen atoms in total. The van der Waals surface area contributed by atoms with E-state index in [1.54, 1.807) is 0 Å². The highest BCUT2D eigenvalue weighted by molar-refractivity contribution is 9.10. The molecule has 0 saturated carbocycles. The lowest BCUT2D eigenvalue weighted by Gasteiger charge is -2.07. The summed E-state index contributed by atoms with van der Waals surface area (Å²) >= 11 is 3.15. The van der Waals surface area contributed by atoms with Crippen LogP contribution < -0.4 is 9.47 Å². The molecular formula is C9H8BrFO3. The highest BCUT2D eigenvalue weighted by atomic mass is 79.9. The topological polar surface area (TPSA) is 35.5 Å². The molecule has 0 fully saturated rings. The number of benzene rings is 1. The molecule has 0 bridgehead atoms. The van der Waals surface area contributed by atoms with E-state index in [9.17, 15) is 9.18 Å². The van der Waals surface area contributed by atoms with Gasteiger partial charge in [-0.1, -0.05) is 0 Å². The van der Waals surface area contributed by atoms with Gasteiger partial charge >= 0.3 is 5.97 Å². The zero-order valence-electron chi connectivity index (χ0n) is 7.64. The van der Waals surface area contributed by atoms with Crippen LogP contribution in [0.4, 0.5) is 4.39 Å². The first-order chi connectivity index (χ1) is 6.54. The van der Waals surface area contributed by atoms with Gasteiger partial charge in [0.15, 0.2) is 11.6 Å². The molecule has 0 radical (unpaired) electrons. The van der Waals surface area contributed by atoms with Crippen LogP contribution in [0.1, 0.15) is 6.92 Å². The summed E-state index contributed by atoms with van der Waals surface area (Å²) in [5.41, 5.74) is 0. The SMILES string of the molecule is COc1cc(F)c(OC(C)=O)cc1Br. The molecule has 0 aliphatic rings. The van der Waals surface area contributed by atoms with E-state index in [0.29, 0.717) is 10.2 Å². The molecule has 5 heteroatoms. The molecule has 0 aliphatic heterocycles. The van der Waals surface area contributed by atoms with Crippen molar-refractivity contribution in [2.75, 3.05) is 7.11 Å². The molecule has 0 spiro atoms. The molecule has 0 saturated heterocycles. The van der Waals surface area contributed by atoms with Crippen molar-refractivity contribution in [2.45, 2.75) is 6.92 Å². The van der Waals surface area contributed by atoms with E-state index in [1.807, 2.05) is 0 Å². The van der Waals surface area contributed by atoms with Gasteiger partial charge in [0.1, 0.15) is 5.75 Å². The molecule has 1 rings (SSSR count). The fourth-order valence-electron chi connectivity index (χ4n) is 0.900. The number of ether oxygens (including phenoxy) is 2.